The van der Waals surface area contributed by atoms with Gasteiger partial charge in [0.1, 0.15) is 6.10 Å². The lowest BCUT2D eigenvalue weighted by Gasteiger charge is -2.22. The highest BCUT2D eigenvalue weighted by Gasteiger charge is 2.22. The minimum Gasteiger partial charge on any atom is -0.469 e. The molecule has 2 atom stereocenters. The van der Waals surface area contributed by atoms with Gasteiger partial charge in [-0.1, -0.05) is 45.2 Å². The summed E-state index contributed by atoms with van der Waals surface area (Å²) >= 11 is 0. The summed E-state index contributed by atoms with van der Waals surface area (Å²) in [4.78, 5) is 23.9. The second kappa shape index (κ2) is 9.59. The monoisotopic (exact) mass is 346 g/mol. The Bertz CT molecular complexity index is 558. The first-order valence-corrected chi connectivity index (χ1v) is 9.43. The number of ether oxygens (including phenoxy) is 2. The van der Waals surface area contributed by atoms with Gasteiger partial charge in [0.05, 0.1) is 18.6 Å². The number of benzene rings is 1. The van der Waals surface area contributed by atoms with Gasteiger partial charge in [-0.3, -0.25) is 4.79 Å². The Morgan fingerprint density at radius 2 is 1.76 bits per heavy atom. The van der Waals surface area contributed by atoms with Crippen LogP contribution in [0.5, 0.6) is 0 Å². The van der Waals surface area contributed by atoms with Crippen molar-refractivity contribution >= 4 is 11.9 Å². The van der Waals surface area contributed by atoms with Gasteiger partial charge in [-0.2, -0.15) is 0 Å². The van der Waals surface area contributed by atoms with Crippen molar-refractivity contribution in [2.75, 3.05) is 7.11 Å². The summed E-state index contributed by atoms with van der Waals surface area (Å²) in [5.74, 6) is -0.245. The van der Waals surface area contributed by atoms with Crippen molar-refractivity contribution < 1.29 is 19.1 Å². The summed E-state index contributed by atoms with van der Waals surface area (Å²) in [6.45, 7) is 3.75. The zero-order valence-corrected chi connectivity index (χ0v) is 15.6. The molecule has 0 saturated heterocycles. The minimum absolute atomic E-state index is 0.272. The van der Waals surface area contributed by atoms with E-state index in [4.69, 9.17) is 9.47 Å². The van der Waals surface area contributed by atoms with Gasteiger partial charge in [-0.15, -0.1) is 0 Å². The second-order valence-corrected chi connectivity index (χ2v) is 7.05. The van der Waals surface area contributed by atoms with E-state index < -0.39 is 0 Å². The van der Waals surface area contributed by atoms with Crippen molar-refractivity contribution in [2.24, 2.45) is 5.92 Å². The van der Waals surface area contributed by atoms with E-state index in [-0.39, 0.29) is 24.0 Å². The highest BCUT2D eigenvalue weighted by Crippen LogP contribution is 2.32. The van der Waals surface area contributed by atoms with E-state index in [1.54, 1.807) is 6.92 Å². The second-order valence-electron chi connectivity index (χ2n) is 7.05. The van der Waals surface area contributed by atoms with Crippen molar-refractivity contribution in [3.8, 4) is 0 Å². The van der Waals surface area contributed by atoms with Crippen LogP contribution in [-0.2, 0) is 14.3 Å². The summed E-state index contributed by atoms with van der Waals surface area (Å²) in [6.07, 6.45) is 7.29. The zero-order valence-electron chi connectivity index (χ0n) is 15.6. The molecule has 0 N–H and O–H groups in total. The maximum Gasteiger partial charge on any atom is 0.338 e. The van der Waals surface area contributed by atoms with Crippen molar-refractivity contribution in [2.45, 2.75) is 70.8 Å². The molecule has 25 heavy (non-hydrogen) atoms. The Kier molecular flexibility index (Phi) is 7.48. The largest absolute Gasteiger partial charge is 0.469 e. The van der Waals surface area contributed by atoms with Crippen LogP contribution >= 0.6 is 0 Å². The SMILES string of the molecule is CCC(CC(C)C(=O)OC)OC(=O)c1ccc(C2CCCCC2)cc1. The molecule has 4 nitrogen and oxygen atoms in total. The first kappa shape index (κ1) is 19.5. The number of carbonyl (C=O) groups excluding carboxylic acids is 2. The van der Waals surface area contributed by atoms with Crippen LogP contribution in [0.25, 0.3) is 0 Å². The van der Waals surface area contributed by atoms with Crippen molar-refractivity contribution in [3.63, 3.8) is 0 Å². The van der Waals surface area contributed by atoms with E-state index in [0.717, 1.165) is 0 Å². The van der Waals surface area contributed by atoms with E-state index >= 15 is 0 Å². The topological polar surface area (TPSA) is 52.6 Å². The number of rotatable bonds is 7. The van der Waals surface area contributed by atoms with Gasteiger partial charge in [0.2, 0.25) is 0 Å². The van der Waals surface area contributed by atoms with Gasteiger partial charge in [0, 0.05) is 0 Å². The third-order valence-electron chi connectivity index (χ3n) is 5.17. The number of carbonyl (C=O) groups is 2. The molecule has 1 aliphatic carbocycles. The fourth-order valence-corrected chi connectivity index (χ4v) is 3.54. The van der Waals surface area contributed by atoms with Gasteiger partial charge in [0.25, 0.3) is 0 Å². The Hall–Kier alpha value is -1.84. The molecule has 2 unspecified atom stereocenters. The summed E-state index contributed by atoms with van der Waals surface area (Å²) < 4.78 is 10.3. The molecule has 138 valence electrons. The number of hydrogen-bond donors (Lipinski definition) is 0. The van der Waals surface area contributed by atoms with Crippen molar-refractivity contribution in [1.29, 1.82) is 0 Å². The molecule has 0 bridgehead atoms. The summed E-state index contributed by atoms with van der Waals surface area (Å²) in [5.41, 5.74) is 1.89. The predicted octanol–water partition coefficient (Wildman–Crippen LogP) is 4.87. The molecular formula is C21H30O4. The molecule has 0 heterocycles. The van der Waals surface area contributed by atoms with E-state index in [0.29, 0.717) is 24.3 Å². The minimum atomic E-state index is -0.320. The lowest BCUT2D eigenvalue weighted by atomic mass is 9.84. The average Bonchev–Trinajstić information content (AvgIpc) is 2.67. The predicted molar refractivity (Wildman–Crippen MR) is 97.6 cm³/mol. The smallest absolute Gasteiger partial charge is 0.338 e. The van der Waals surface area contributed by atoms with Gasteiger partial charge >= 0.3 is 11.9 Å². The quantitative estimate of drug-likeness (QED) is 0.661. The highest BCUT2D eigenvalue weighted by atomic mass is 16.5. The fraction of sp³-hybridized carbons (Fsp3) is 0.619. The molecule has 1 aromatic carbocycles. The maximum atomic E-state index is 12.4. The lowest BCUT2D eigenvalue weighted by molar-refractivity contribution is -0.145. The molecule has 0 radical (unpaired) electrons. The first-order valence-electron chi connectivity index (χ1n) is 9.43. The third-order valence-corrected chi connectivity index (χ3v) is 5.17. The number of hydrogen-bond acceptors (Lipinski definition) is 4. The summed E-state index contributed by atoms with van der Waals surface area (Å²) in [6, 6.07) is 7.85. The first-order chi connectivity index (χ1) is 12.0. The zero-order chi connectivity index (χ0) is 18.2. The Morgan fingerprint density at radius 3 is 2.32 bits per heavy atom. The highest BCUT2D eigenvalue weighted by molar-refractivity contribution is 5.89. The van der Waals surface area contributed by atoms with E-state index in [9.17, 15) is 9.59 Å². The Labute approximate surface area is 150 Å². The molecule has 0 amide bonds. The van der Waals surface area contributed by atoms with Crippen molar-refractivity contribution in [1.82, 2.24) is 0 Å². The van der Waals surface area contributed by atoms with E-state index in [1.165, 1.54) is 44.8 Å². The van der Waals surface area contributed by atoms with Crippen molar-refractivity contribution in [3.05, 3.63) is 35.4 Å². The molecule has 1 fully saturated rings. The third kappa shape index (κ3) is 5.58. The standard InChI is InChI=1S/C21H30O4/c1-4-19(14-15(2)20(22)24-3)25-21(23)18-12-10-17(11-13-18)16-8-6-5-7-9-16/h10-13,15-16,19H,4-9,14H2,1-3H3. The molecule has 4 heteroatoms. The van der Waals surface area contributed by atoms with Crippen LogP contribution in [0.2, 0.25) is 0 Å². The van der Waals surface area contributed by atoms with E-state index in [2.05, 4.69) is 12.1 Å². The summed E-state index contributed by atoms with van der Waals surface area (Å²) in [5, 5.41) is 0. The Morgan fingerprint density at radius 1 is 1.12 bits per heavy atom. The molecule has 1 saturated carbocycles. The number of esters is 2. The van der Waals surface area contributed by atoms with Gasteiger partial charge in [0.15, 0.2) is 0 Å². The molecular weight excluding hydrogens is 316 g/mol. The molecule has 0 aromatic heterocycles. The van der Waals surface area contributed by atoms with Crippen LogP contribution in [0.4, 0.5) is 0 Å². The normalized spacial score (nSPS) is 17.6. The maximum absolute atomic E-state index is 12.4. The van der Waals surface area contributed by atoms with Crippen LogP contribution in [-0.4, -0.2) is 25.2 Å². The van der Waals surface area contributed by atoms with Crippen LogP contribution in [0.3, 0.4) is 0 Å². The van der Waals surface area contributed by atoms with Crippen LogP contribution in [0.15, 0.2) is 24.3 Å². The van der Waals surface area contributed by atoms with Crippen LogP contribution in [0.1, 0.15) is 80.6 Å². The van der Waals surface area contributed by atoms with Crippen LogP contribution < -0.4 is 0 Å². The molecule has 0 spiro atoms. The van der Waals surface area contributed by atoms with E-state index in [1.807, 2.05) is 19.1 Å². The Balaban J connectivity index is 1.93. The molecule has 0 aliphatic heterocycles. The number of methoxy groups -OCH3 is 1. The average molecular weight is 346 g/mol. The van der Waals surface area contributed by atoms with Gasteiger partial charge in [-0.25, -0.2) is 4.79 Å². The fourth-order valence-electron chi connectivity index (χ4n) is 3.54. The summed E-state index contributed by atoms with van der Waals surface area (Å²) in [7, 11) is 1.37. The molecule has 2 rings (SSSR count). The molecule has 1 aromatic rings. The van der Waals surface area contributed by atoms with Gasteiger partial charge < -0.3 is 9.47 Å². The van der Waals surface area contributed by atoms with Gasteiger partial charge in [-0.05, 0) is 49.3 Å². The lowest BCUT2D eigenvalue weighted by Crippen LogP contribution is -2.24. The molecule has 1 aliphatic rings. The van der Waals surface area contributed by atoms with Crippen LogP contribution in [0, 0.1) is 5.92 Å².